The number of hydrogen-bond donors (Lipinski definition) is 0. The number of carbonyl (C=O) groups is 1. The number of nitrogens with zero attached hydrogens (tertiary/aromatic N) is 2. The fraction of sp³-hybridized carbons (Fsp3) is 0.947. The standard InChI is InChI=1S/C19H32N2O/c22-19(20-13-5-6-14-20)21-17-9-3-1-7-15(17)11-12-16-8-2-4-10-18(16)21/h15-18H,1-14H2. The average molecular weight is 304 g/mol. The van der Waals surface area contributed by atoms with Crippen molar-refractivity contribution in [2.75, 3.05) is 13.1 Å². The number of hydrogen-bond acceptors (Lipinski definition) is 1. The molecule has 0 N–H and O–H groups in total. The van der Waals surface area contributed by atoms with Gasteiger partial charge in [0.1, 0.15) is 0 Å². The van der Waals surface area contributed by atoms with Crippen molar-refractivity contribution < 1.29 is 4.79 Å². The molecule has 2 aliphatic heterocycles. The average Bonchev–Trinajstić information content (AvgIpc) is 3.04. The molecule has 2 heterocycles. The van der Waals surface area contributed by atoms with E-state index < -0.39 is 0 Å². The molecule has 4 atom stereocenters. The fourth-order valence-electron chi connectivity index (χ4n) is 5.81. The van der Waals surface area contributed by atoms with Crippen molar-refractivity contribution in [1.82, 2.24) is 9.80 Å². The largest absolute Gasteiger partial charge is 0.325 e. The van der Waals surface area contributed by atoms with Gasteiger partial charge in [0.2, 0.25) is 0 Å². The SMILES string of the molecule is O=C(N1CCCC1)N1C2CCCCC2CCC2CCCCC21. The zero-order valence-corrected chi connectivity index (χ0v) is 14.0. The summed E-state index contributed by atoms with van der Waals surface area (Å²) in [6.45, 7) is 2.01. The third kappa shape index (κ3) is 2.65. The van der Waals surface area contributed by atoms with Crippen molar-refractivity contribution in [3.05, 3.63) is 0 Å². The molecule has 4 fully saturated rings. The molecule has 0 radical (unpaired) electrons. The first-order chi connectivity index (χ1) is 10.8. The van der Waals surface area contributed by atoms with E-state index in [0.29, 0.717) is 18.1 Å². The maximum atomic E-state index is 13.3. The highest BCUT2D eigenvalue weighted by Crippen LogP contribution is 2.43. The minimum Gasteiger partial charge on any atom is -0.325 e. The Kier molecular flexibility index (Phi) is 4.32. The van der Waals surface area contributed by atoms with Crippen LogP contribution in [0.1, 0.15) is 77.0 Å². The Morgan fingerprint density at radius 2 is 1.14 bits per heavy atom. The molecule has 2 saturated carbocycles. The van der Waals surface area contributed by atoms with Gasteiger partial charge in [-0.2, -0.15) is 0 Å². The lowest BCUT2D eigenvalue weighted by molar-refractivity contribution is 0.0548. The van der Waals surface area contributed by atoms with Crippen molar-refractivity contribution in [3.8, 4) is 0 Å². The van der Waals surface area contributed by atoms with E-state index in [9.17, 15) is 4.79 Å². The Morgan fingerprint density at radius 1 is 0.636 bits per heavy atom. The molecule has 124 valence electrons. The van der Waals surface area contributed by atoms with Gasteiger partial charge in [-0.25, -0.2) is 4.79 Å². The molecule has 22 heavy (non-hydrogen) atoms. The van der Waals surface area contributed by atoms with E-state index in [2.05, 4.69) is 9.80 Å². The highest BCUT2D eigenvalue weighted by molar-refractivity contribution is 5.75. The van der Waals surface area contributed by atoms with Crippen LogP contribution in [0.2, 0.25) is 0 Å². The van der Waals surface area contributed by atoms with Gasteiger partial charge in [0.25, 0.3) is 0 Å². The second-order valence-corrected chi connectivity index (χ2v) is 8.19. The zero-order chi connectivity index (χ0) is 14.9. The Bertz CT molecular complexity index is 380. The first kappa shape index (κ1) is 14.8. The van der Waals surface area contributed by atoms with E-state index in [0.717, 1.165) is 24.9 Å². The minimum absolute atomic E-state index is 0.410. The molecule has 0 bridgehead atoms. The fourth-order valence-corrected chi connectivity index (χ4v) is 5.81. The van der Waals surface area contributed by atoms with Crippen LogP contribution >= 0.6 is 0 Å². The molecular weight excluding hydrogens is 272 g/mol. The molecule has 3 nitrogen and oxygen atoms in total. The van der Waals surface area contributed by atoms with E-state index in [1.807, 2.05) is 0 Å². The Hall–Kier alpha value is -0.730. The molecule has 4 unspecified atom stereocenters. The zero-order valence-electron chi connectivity index (χ0n) is 14.0. The van der Waals surface area contributed by atoms with Gasteiger partial charge < -0.3 is 9.80 Å². The van der Waals surface area contributed by atoms with Crippen LogP contribution in [-0.2, 0) is 0 Å². The third-order valence-corrected chi connectivity index (χ3v) is 6.96. The molecule has 0 aromatic rings. The van der Waals surface area contributed by atoms with Crippen molar-refractivity contribution in [1.29, 1.82) is 0 Å². The quantitative estimate of drug-likeness (QED) is 0.650. The summed E-state index contributed by atoms with van der Waals surface area (Å²) in [5, 5.41) is 0. The van der Waals surface area contributed by atoms with Crippen molar-refractivity contribution in [3.63, 3.8) is 0 Å². The summed E-state index contributed by atoms with van der Waals surface area (Å²) in [6, 6.07) is 1.54. The van der Waals surface area contributed by atoms with Gasteiger partial charge in [0, 0.05) is 25.2 Å². The Balaban J connectivity index is 1.62. The van der Waals surface area contributed by atoms with E-state index >= 15 is 0 Å². The second kappa shape index (κ2) is 6.41. The van der Waals surface area contributed by atoms with E-state index in [4.69, 9.17) is 0 Å². The lowest BCUT2D eigenvalue weighted by Crippen LogP contribution is -2.56. The summed E-state index contributed by atoms with van der Waals surface area (Å²) in [7, 11) is 0. The molecule has 2 aliphatic carbocycles. The predicted molar refractivity (Wildman–Crippen MR) is 88.8 cm³/mol. The maximum absolute atomic E-state index is 13.3. The number of amides is 2. The van der Waals surface area contributed by atoms with E-state index in [1.165, 1.54) is 77.0 Å². The number of carbonyl (C=O) groups excluding carboxylic acids is 1. The minimum atomic E-state index is 0.410. The summed E-state index contributed by atoms with van der Waals surface area (Å²) in [4.78, 5) is 17.9. The van der Waals surface area contributed by atoms with Gasteiger partial charge in [-0.15, -0.1) is 0 Å². The lowest BCUT2D eigenvalue weighted by Gasteiger charge is -2.46. The summed E-state index contributed by atoms with van der Waals surface area (Å²) in [6.07, 6.45) is 15.9. The molecule has 3 heteroatoms. The number of fused-ring (bicyclic) bond motifs is 2. The van der Waals surface area contributed by atoms with Gasteiger partial charge in [-0.05, 0) is 63.2 Å². The monoisotopic (exact) mass is 304 g/mol. The summed E-state index contributed by atoms with van der Waals surface area (Å²) in [5.74, 6) is 1.59. The van der Waals surface area contributed by atoms with Crippen LogP contribution in [-0.4, -0.2) is 41.0 Å². The van der Waals surface area contributed by atoms with Crippen molar-refractivity contribution in [2.24, 2.45) is 11.8 Å². The third-order valence-electron chi connectivity index (χ3n) is 6.96. The van der Waals surface area contributed by atoms with Crippen molar-refractivity contribution >= 4 is 6.03 Å². The summed E-state index contributed by atoms with van der Waals surface area (Å²) in [5.41, 5.74) is 0. The molecule has 2 amide bonds. The van der Waals surface area contributed by atoms with E-state index in [1.54, 1.807) is 0 Å². The highest BCUT2D eigenvalue weighted by Gasteiger charge is 2.44. The topological polar surface area (TPSA) is 23.6 Å². The molecule has 0 spiro atoms. The normalized spacial score (nSPS) is 39.1. The smallest absolute Gasteiger partial charge is 0.320 e. The number of urea groups is 1. The van der Waals surface area contributed by atoms with Gasteiger partial charge in [-0.3, -0.25) is 0 Å². The maximum Gasteiger partial charge on any atom is 0.320 e. The molecule has 2 saturated heterocycles. The van der Waals surface area contributed by atoms with Crippen LogP contribution in [0.4, 0.5) is 4.79 Å². The van der Waals surface area contributed by atoms with Crippen LogP contribution in [0.15, 0.2) is 0 Å². The van der Waals surface area contributed by atoms with Crippen LogP contribution in [0.3, 0.4) is 0 Å². The van der Waals surface area contributed by atoms with Crippen LogP contribution in [0.25, 0.3) is 0 Å². The van der Waals surface area contributed by atoms with Crippen LogP contribution in [0.5, 0.6) is 0 Å². The first-order valence-corrected chi connectivity index (χ1v) is 9.92. The number of likely N-dealkylation sites (tertiary alicyclic amines) is 2. The molecule has 4 rings (SSSR count). The van der Waals surface area contributed by atoms with Gasteiger partial charge in [0.15, 0.2) is 0 Å². The lowest BCUT2D eigenvalue weighted by atomic mass is 9.80. The van der Waals surface area contributed by atoms with Gasteiger partial charge in [0.05, 0.1) is 0 Å². The number of rotatable bonds is 0. The highest BCUT2D eigenvalue weighted by atomic mass is 16.2. The van der Waals surface area contributed by atoms with Crippen molar-refractivity contribution in [2.45, 2.75) is 89.1 Å². The molecule has 0 aromatic heterocycles. The predicted octanol–water partition coefficient (Wildman–Crippen LogP) is 4.42. The Morgan fingerprint density at radius 3 is 1.68 bits per heavy atom. The molecule has 0 aromatic carbocycles. The van der Waals surface area contributed by atoms with E-state index in [-0.39, 0.29) is 0 Å². The van der Waals surface area contributed by atoms with Gasteiger partial charge in [-0.1, -0.05) is 25.7 Å². The van der Waals surface area contributed by atoms with Crippen LogP contribution < -0.4 is 0 Å². The Labute approximate surface area is 135 Å². The molecular formula is C19H32N2O. The van der Waals surface area contributed by atoms with Gasteiger partial charge >= 0.3 is 6.03 Å². The summed E-state index contributed by atoms with van der Waals surface area (Å²) >= 11 is 0. The second-order valence-electron chi connectivity index (χ2n) is 8.19. The first-order valence-electron chi connectivity index (χ1n) is 9.92. The van der Waals surface area contributed by atoms with Crippen LogP contribution in [0, 0.1) is 11.8 Å². The molecule has 4 aliphatic rings. The summed E-state index contributed by atoms with van der Waals surface area (Å²) < 4.78 is 0.